The van der Waals surface area contributed by atoms with E-state index >= 15 is 0 Å². The molecule has 1 atom stereocenters. The maximum absolute atomic E-state index is 14.4. The summed E-state index contributed by atoms with van der Waals surface area (Å²) in [6, 6.07) is 4.34. The van der Waals surface area contributed by atoms with Gasteiger partial charge in [-0.1, -0.05) is 0 Å². The lowest BCUT2D eigenvalue weighted by Crippen LogP contribution is -2.33. The average Bonchev–Trinajstić information content (AvgIpc) is 3.19. The summed E-state index contributed by atoms with van der Waals surface area (Å²) < 4.78 is 21.0. The first-order valence-electron chi connectivity index (χ1n) is 7.64. The first-order chi connectivity index (χ1) is 12.0. The number of aromatic nitrogens is 2. The van der Waals surface area contributed by atoms with E-state index in [1.165, 1.54) is 41.0 Å². The second-order valence-electron chi connectivity index (χ2n) is 5.62. The van der Waals surface area contributed by atoms with Crippen molar-refractivity contribution in [2.45, 2.75) is 19.6 Å². The van der Waals surface area contributed by atoms with Crippen molar-refractivity contribution >= 4 is 17.7 Å². The molecule has 132 valence electrons. The van der Waals surface area contributed by atoms with Crippen molar-refractivity contribution in [2.24, 2.45) is 0 Å². The van der Waals surface area contributed by atoms with Crippen LogP contribution in [-0.2, 0) is 16.1 Å². The molecule has 25 heavy (non-hydrogen) atoms. The van der Waals surface area contributed by atoms with Gasteiger partial charge in [-0.25, -0.2) is 14.2 Å². The molecule has 1 saturated heterocycles. The summed E-state index contributed by atoms with van der Waals surface area (Å²) in [6.07, 6.45) is 1.84. The summed E-state index contributed by atoms with van der Waals surface area (Å²) in [5.41, 5.74) is 1.03. The van der Waals surface area contributed by atoms with Crippen LogP contribution in [0.25, 0.3) is 5.69 Å². The second kappa shape index (κ2) is 6.89. The van der Waals surface area contributed by atoms with Gasteiger partial charge < -0.3 is 19.7 Å². The fraction of sp³-hybridized carbons (Fsp3) is 0.312. The number of carbonyl (C=O) groups excluding carboxylic acids is 2. The summed E-state index contributed by atoms with van der Waals surface area (Å²) in [5, 5.41) is 11.6. The lowest BCUT2D eigenvalue weighted by Gasteiger charge is -2.14. The van der Waals surface area contributed by atoms with Crippen molar-refractivity contribution in [2.75, 3.05) is 18.0 Å². The van der Waals surface area contributed by atoms with E-state index in [0.29, 0.717) is 11.4 Å². The Balaban J connectivity index is 1.76. The normalized spacial score (nSPS) is 16.8. The molecule has 1 fully saturated rings. The Morgan fingerprint density at radius 3 is 2.96 bits per heavy atom. The number of rotatable bonds is 5. The van der Waals surface area contributed by atoms with Gasteiger partial charge in [0.15, 0.2) is 0 Å². The zero-order chi connectivity index (χ0) is 18.0. The van der Waals surface area contributed by atoms with E-state index in [0.717, 1.165) is 0 Å². The third kappa shape index (κ3) is 3.61. The second-order valence-corrected chi connectivity index (χ2v) is 5.62. The number of anilines is 1. The number of aliphatic hydroxyl groups excluding tert-OH is 1. The summed E-state index contributed by atoms with van der Waals surface area (Å²) >= 11 is 0. The van der Waals surface area contributed by atoms with E-state index in [1.807, 2.05) is 0 Å². The molecule has 2 heterocycles. The number of halogens is 1. The SMILES string of the molecule is CC(=O)NC[C@H]1CN(c2ccc(-n3cnc(CO)c3)c(F)c2)C(=O)O1. The average molecular weight is 348 g/mol. The molecule has 0 saturated carbocycles. The fourth-order valence-electron chi connectivity index (χ4n) is 2.55. The van der Waals surface area contributed by atoms with Crippen molar-refractivity contribution in [3.05, 3.63) is 42.2 Å². The van der Waals surface area contributed by atoms with Crippen LogP contribution in [0.3, 0.4) is 0 Å². The quantitative estimate of drug-likeness (QED) is 0.839. The van der Waals surface area contributed by atoms with Gasteiger partial charge >= 0.3 is 6.09 Å². The maximum Gasteiger partial charge on any atom is 0.414 e. The number of hydrogen-bond acceptors (Lipinski definition) is 5. The third-order valence-corrected chi connectivity index (χ3v) is 3.77. The molecule has 1 aromatic carbocycles. The predicted octanol–water partition coefficient (Wildman–Crippen LogP) is 0.965. The van der Waals surface area contributed by atoms with Gasteiger partial charge in [0.1, 0.15) is 11.9 Å². The molecule has 0 spiro atoms. The minimum Gasteiger partial charge on any atom is -0.442 e. The number of benzene rings is 1. The van der Waals surface area contributed by atoms with Crippen LogP contribution in [0.4, 0.5) is 14.9 Å². The van der Waals surface area contributed by atoms with E-state index in [-0.39, 0.29) is 31.3 Å². The predicted molar refractivity (Wildman–Crippen MR) is 85.7 cm³/mol. The summed E-state index contributed by atoms with van der Waals surface area (Å²) in [5.74, 6) is -0.759. The van der Waals surface area contributed by atoms with Gasteiger partial charge in [-0.2, -0.15) is 0 Å². The van der Waals surface area contributed by atoms with Crippen LogP contribution < -0.4 is 10.2 Å². The van der Waals surface area contributed by atoms with E-state index in [1.54, 1.807) is 6.07 Å². The molecule has 9 heteroatoms. The van der Waals surface area contributed by atoms with Crippen LogP contribution in [0.2, 0.25) is 0 Å². The number of imidazole rings is 1. The summed E-state index contributed by atoms with van der Waals surface area (Å²) in [7, 11) is 0. The highest BCUT2D eigenvalue weighted by Crippen LogP contribution is 2.25. The molecule has 2 aromatic rings. The van der Waals surface area contributed by atoms with Gasteiger partial charge in [0.25, 0.3) is 0 Å². The van der Waals surface area contributed by atoms with Crippen LogP contribution >= 0.6 is 0 Å². The molecule has 3 rings (SSSR count). The maximum atomic E-state index is 14.4. The zero-order valence-corrected chi connectivity index (χ0v) is 13.5. The van der Waals surface area contributed by atoms with Crippen LogP contribution in [0.5, 0.6) is 0 Å². The highest BCUT2D eigenvalue weighted by atomic mass is 19.1. The number of aliphatic hydroxyl groups is 1. The van der Waals surface area contributed by atoms with Crippen LogP contribution in [-0.4, -0.2) is 45.9 Å². The number of ether oxygens (including phenoxy) is 1. The third-order valence-electron chi connectivity index (χ3n) is 3.77. The van der Waals surface area contributed by atoms with E-state index < -0.39 is 18.0 Å². The van der Waals surface area contributed by atoms with Crippen molar-refractivity contribution in [1.82, 2.24) is 14.9 Å². The molecule has 0 bridgehead atoms. The first kappa shape index (κ1) is 16.9. The Bertz CT molecular complexity index is 807. The number of nitrogens with zero attached hydrogens (tertiary/aromatic N) is 3. The van der Waals surface area contributed by atoms with Crippen molar-refractivity contribution < 1.29 is 23.8 Å². The Hall–Kier alpha value is -2.94. The molecule has 8 nitrogen and oxygen atoms in total. The molecular weight excluding hydrogens is 331 g/mol. The minimum absolute atomic E-state index is 0.205. The number of cyclic esters (lactones) is 1. The van der Waals surface area contributed by atoms with Gasteiger partial charge in [-0.3, -0.25) is 9.69 Å². The van der Waals surface area contributed by atoms with Crippen molar-refractivity contribution in [3.8, 4) is 5.69 Å². The highest BCUT2D eigenvalue weighted by Gasteiger charge is 2.32. The first-order valence-corrected chi connectivity index (χ1v) is 7.64. The number of carbonyl (C=O) groups is 2. The Labute approximate surface area is 142 Å². The monoisotopic (exact) mass is 348 g/mol. The molecule has 1 aromatic heterocycles. The van der Waals surface area contributed by atoms with E-state index in [2.05, 4.69) is 10.3 Å². The molecule has 2 amide bonds. The minimum atomic E-state index is -0.590. The van der Waals surface area contributed by atoms with Gasteiger partial charge in [0, 0.05) is 13.1 Å². The smallest absolute Gasteiger partial charge is 0.414 e. The number of amides is 2. The topological polar surface area (TPSA) is 96.7 Å². The molecular formula is C16H17FN4O4. The van der Waals surface area contributed by atoms with Gasteiger partial charge in [-0.15, -0.1) is 0 Å². The zero-order valence-electron chi connectivity index (χ0n) is 13.5. The lowest BCUT2D eigenvalue weighted by atomic mass is 10.2. The summed E-state index contributed by atoms with van der Waals surface area (Å²) in [6.45, 7) is 1.57. The largest absolute Gasteiger partial charge is 0.442 e. The van der Waals surface area contributed by atoms with Gasteiger partial charge in [0.05, 0.1) is 43.1 Å². The van der Waals surface area contributed by atoms with Crippen LogP contribution in [0.15, 0.2) is 30.7 Å². The van der Waals surface area contributed by atoms with Crippen LogP contribution in [0.1, 0.15) is 12.6 Å². The molecule has 1 aliphatic rings. The molecule has 0 unspecified atom stereocenters. The Kier molecular flexibility index (Phi) is 4.66. The van der Waals surface area contributed by atoms with E-state index in [9.17, 15) is 14.0 Å². The molecule has 2 N–H and O–H groups in total. The van der Waals surface area contributed by atoms with Crippen LogP contribution in [0, 0.1) is 5.82 Å². The van der Waals surface area contributed by atoms with Crippen molar-refractivity contribution in [1.29, 1.82) is 0 Å². The fourth-order valence-corrected chi connectivity index (χ4v) is 2.55. The Morgan fingerprint density at radius 2 is 2.32 bits per heavy atom. The molecule has 1 aliphatic heterocycles. The number of hydrogen-bond donors (Lipinski definition) is 2. The van der Waals surface area contributed by atoms with Gasteiger partial charge in [0.2, 0.25) is 5.91 Å². The molecule has 0 aliphatic carbocycles. The number of nitrogens with one attached hydrogen (secondary N) is 1. The van der Waals surface area contributed by atoms with E-state index in [4.69, 9.17) is 9.84 Å². The van der Waals surface area contributed by atoms with Gasteiger partial charge in [-0.05, 0) is 18.2 Å². The lowest BCUT2D eigenvalue weighted by molar-refractivity contribution is -0.119. The molecule has 0 radical (unpaired) electrons. The van der Waals surface area contributed by atoms with Crippen molar-refractivity contribution in [3.63, 3.8) is 0 Å². The Morgan fingerprint density at radius 1 is 1.52 bits per heavy atom. The standard InChI is InChI=1S/C16H17FN4O4/c1-10(23)18-5-13-7-21(16(24)25-13)12-2-3-15(14(17)4-12)20-6-11(8-22)19-9-20/h2-4,6,9,13,22H,5,7-8H2,1H3,(H,18,23)/t13-/m0/s1. The highest BCUT2D eigenvalue weighted by molar-refractivity contribution is 5.90. The summed E-state index contributed by atoms with van der Waals surface area (Å²) in [4.78, 5) is 28.1.